The van der Waals surface area contributed by atoms with Crippen LogP contribution in [0.2, 0.25) is 0 Å². The molecule has 3 amide bonds. The Kier molecular flexibility index (Phi) is 11.7. The minimum absolute atomic E-state index is 0. The lowest BCUT2D eigenvalue weighted by atomic mass is 10.0. The third kappa shape index (κ3) is 11.1. The first-order valence-corrected chi connectivity index (χ1v) is 9.67. The fraction of sp³-hybridized carbons (Fsp3) is 0.500. The zero-order valence-electron chi connectivity index (χ0n) is 18.6. The van der Waals surface area contributed by atoms with Gasteiger partial charge in [-0.15, -0.1) is 0 Å². The molecule has 3 N–H and O–H groups in total. The van der Waals surface area contributed by atoms with Crippen LogP contribution in [0.5, 0.6) is 0 Å². The van der Waals surface area contributed by atoms with Crippen molar-refractivity contribution in [3.05, 3.63) is 35.4 Å². The zero-order chi connectivity index (χ0) is 23.6. The summed E-state index contributed by atoms with van der Waals surface area (Å²) in [7, 11) is 1.22. The lowest BCUT2D eigenvalue weighted by Crippen LogP contribution is -2.52. The summed E-state index contributed by atoms with van der Waals surface area (Å²) < 4.78 is 9.85. The van der Waals surface area contributed by atoms with Crippen molar-refractivity contribution >= 4 is 30.1 Å². The molecule has 0 bridgehead atoms. The van der Waals surface area contributed by atoms with Gasteiger partial charge in [0.1, 0.15) is 17.7 Å². The molecule has 1 rings (SSSR count). The maximum atomic E-state index is 12.7. The first-order valence-electron chi connectivity index (χ1n) is 9.67. The monoisotopic (exact) mass is 450 g/mol. The van der Waals surface area contributed by atoms with E-state index < -0.39 is 35.7 Å². The van der Waals surface area contributed by atoms with Crippen molar-refractivity contribution in [2.75, 3.05) is 7.11 Å². The van der Waals surface area contributed by atoms with Crippen LogP contribution in [0, 0.1) is 0 Å². The largest absolute Gasteiger partial charge is 0.467 e. The van der Waals surface area contributed by atoms with Crippen LogP contribution < -0.4 is 16.1 Å². The maximum absolute atomic E-state index is 12.7. The van der Waals surface area contributed by atoms with Gasteiger partial charge in [-0.1, -0.05) is 31.7 Å². The van der Waals surface area contributed by atoms with Crippen LogP contribution >= 0.6 is 0 Å². The Bertz CT molecular complexity index is 815. The van der Waals surface area contributed by atoms with Gasteiger partial charge in [-0.3, -0.25) is 9.59 Å². The van der Waals surface area contributed by atoms with Crippen LogP contribution in [0.25, 0.3) is 0 Å². The molecule has 178 valence electrons. The highest BCUT2D eigenvalue weighted by atomic mass is 16.6. The lowest BCUT2D eigenvalue weighted by Gasteiger charge is -2.24. The average molecular weight is 451 g/mol. The molecule has 2 unspecified atom stereocenters. The molecule has 0 heterocycles. The SMILES string of the molecule is C.COC(=O)C(C)NC(=O)C(Cc1ccc(/C=N/NC(C)=O)cc1)NC(=O)OC(C)(C)C. The third-order valence-corrected chi connectivity index (χ3v) is 3.78. The molecule has 1 aromatic rings. The molecule has 32 heavy (non-hydrogen) atoms. The van der Waals surface area contributed by atoms with Crippen molar-refractivity contribution in [1.29, 1.82) is 0 Å². The second kappa shape index (κ2) is 13.1. The molecular weight excluding hydrogens is 416 g/mol. The number of esters is 1. The molecule has 0 aliphatic carbocycles. The van der Waals surface area contributed by atoms with E-state index in [1.54, 1.807) is 45.0 Å². The van der Waals surface area contributed by atoms with Gasteiger partial charge in [0.25, 0.3) is 0 Å². The van der Waals surface area contributed by atoms with Crippen molar-refractivity contribution in [3.63, 3.8) is 0 Å². The highest BCUT2D eigenvalue weighted by Crippen LogP contribution is 2.10. The topological polar surface area (TPSA) is 135 Å². The number of hydrogen-bond acceptors (Lipinski definition) is 7. The number of nitrogens with one attached hydrogen (secondary N) is 3. The number of ether oxygens (including phenoxy) is 2. The Hall–Kier alpha value is -3.43. The molecule has 0 radical (unpaired) electrons. The summed E-state index contributed by atoms with van der Waals surface area (Å²) in [5.41, 5.74) is 3.05. The van der Waals surface area contributed by atoms with E-state index in [1.165, 1.54) is 27.2 Å². The van der Waals surface area contributed by atoms with E-state index in [0.29, 0.717) is 0 Å². The van der Waals surface area contributed by atoms with Gasteiger partial charge in [-0.2, -0.15) is 5.10 Å². The average Bonchev–Trinajstić information content (AvgIpc) is 2.66. The number of carbonyl (C=O) groups excluding carboxylic acids is 4. The minimum atomic E-state index is -0.985. The Morgan fingerprint density at radius 3 is 2.19 bits per heavy atom. The Morgan fingerprint density at radius 2 is 1.69 bits per heavy atom. The van der Waals surface area contributed by atoms with Crippen molar-refractivity contribution in [1.82, 2.24) is 16.1 Å². The van der Waals surface area contributed by atoms with Gasteiger partial charge in [-0.25, -0.2) is 15.0 Å². The fourth-order valence-electron chi connectivity index (χ4n) is 2.38. The predicted octanol–water partition coefficient (Wildman–Crippen LogP) is 1.91. The Balaban J connectivity index is 0.00000961. The summed E-state index contributed by atoms with van der Waals surface area (Å²) in [6.07, 6.45) is 0.881. The number of amides is 3. The van der Waals surface area contributed by atoms with Gasteiger partial charge < -0.3 is 20.1 Å². The third-order valence-electron chi connectivity index (χ3n) is 3.78. The van der Waals surface area contributed by atoms with Crippen LogP contribution in [0.1, 0.15) is 53.2 Å². The minimum Gasteiger partial charge on any atom is -0.467 e. The number of methoxy groups -OCH3 is 1. The van der Waals surface area contributed by atoms with E-state index in [0.717, 1.165) is 11.1 Å². The van der Waals surface area contributed by atoms with Crippen molar-refractivity contribution in [2.45, 2.75) is 66.2 Å². The number of nitrogens with zero attached hydrogens (tertiary/aromatic N) is 1. The van der Waals surface area contributed by atoms with Gasteiger partial charge >= 0.3 is 12.1 Å². The molecule has 0 aliphatic rings. The lowest BCUT2D eigenvalue weighted by molar-refractivity contribution is -0.144. The molecule has 0 saturated carbocycles. The van der Waals surface area contributed by atoms with Crippen LogP contribution in [-0.2, 0) is 30.3 Å². The van der Waals surface area contributed by atoms with E-state index >= 15 is 0 Å². The molecule has 0 aliphatic heterocycles. The number of hydrazone groups is 1. The molecule has 1 aromatic carbocycles. The quantitative estimate of drug-likeness (QED) is 0.315. The fourth-order valence-corrected chi connectivity index (χ4v) is 2.38. The van der Waals surface area contributed by atoms with Crippen molar-refractivity contribution < 1.29 is 28.7 Å². The summed E-state index contributed by atoms with van der Waals surface area (Å²) in [6.45, 7) is 7.97. The summed E-state index contributed by atoms with van der Waals surface area (Å²) in [4.78, 5) is 47.4. The summed E-state index contributed by atoms with van der Waals surface area (Å²) >= 11 is 0. The van der Waals surface area contributed by atoms with Gasteiger partial charge in [0, 0.05) is 13.3 Å². The summed E-state index contributed by atoms with van der Waals surface area (Å²) in [5, 5.41) is 8.85. The second-order valence-corrected chi connectivity index (χ2v) is 7.82. The van der Waals surface area contributed by atoms with Crippen LogP contribution in [-0.4, -0.2) is 54.9 Å². The molecule has 2 atom stereocenters. The van der Waals surface area contributed by atoms with Gasteiger partial charge in [0.15, 0.2) is 0 Å². The van der Waals surface area contributed by atoms with Crippen molar-refractivity contribution in [2.24, 2.45) is 5.10 Å². The molecule has 10 heteroatoms. The smallest absolute Gasteiger partial charge is 0.408 e. The van der Waals surface area contributed by atoms with Gasteiger partial charge in [0.05, 0.1) is 13.3 Å². The van der Waals surface area contributed by atoms with E-state index in [2.05, 4.69) is 25.9 Å². The highest BCUT2D eigenvalue weighted by molar-refractivity contribution is 5.89. The van der Waals surface area contributed by atoms with Gasteiger partial charge in [-0.05, 0) is 38.8 Å². The molecular formula is C22H34N4O6. The first kappa shape index (κ1) is 28.6. The Morgan fingerprint density at radius 1 is 1.09 bits per heavy atom. The van der Waals surface area contributed by atoms with E-state index in [-0.39, 0.29) is 19.8 Å². The number of hydrogen-bond donors (Lipinski definition) is 3. The van der Waals surface area contributed by atoms with E-state index in [1.807, 2.05) is 0 Å². The van der Waals surface area contributed by atoms with Crippen molar-refractivity contribution in [3.8, 4) is 0 Å². The first-order chi connectivity index (χ1) is 14.4. The normalized spacial score (nSPS) is 12.7. The zero-order valence-corrected chi connectivity index (χ0v) is 18.6. The van der Waals surface area contributed by atoms with Crippen LogP contribution in [0.15, 0.2) is 29.4 Å². The number of rotatable bonds is 8. The highest BCUT2D eigenvalue weighted by Gasteiger charge is 2.27. The summed E-state index contributed by atoms with van der Waals surface area (Å²) in [6, 6.07) is 5.15. The summed E-state index contributed by atoms with van der Waals surface area (Å²) in [5.74, 6) is -1.44. The maximum Gasteiger partial charge on any atom is 0.408 e. The van der Waals surface area contributed by atoms with Crippen LogP contribution in [0.3, 0.4) is 0 Å². The standard InChI is InChI=1S/C21H30N4O6.CH4/c1-13(19(28)30-6)23-18(27)17(24-20(29)31-21(3,4)5)11-15-7-9-16(10-8-15)12-22-25-14(2)26;/h7-10,12-13,17H,11H2,1-6H3,(H,23,27)(H,24,29)(H,25,26);1H4/b22-12+;. The number of benzene rings is 1. The molecule has 0 spiro atoms. The molecule has 0 aromatic heterocycles. The predicted molar refractivity (Wildman–Crippen MR) is 121 cm³/mol. The van der Waals surface area contributed by atoms with Gasteiger partial charge in [0.2, 0.25) is 11.8 Å². The van der Waals surface area contributed by atoms with E-state index in [9.17, 15) is 19.2 Å². The molecule has 0 fully saturated rings. The second-order valence-electron chi connectivity index (χ2n) is 7.82. The number of carbonyl (C=O) groups is 4. The van der Waals surface area contributed by atoms with Crippen LogP contribution in [0.4, 0.5) is 4.79 Å². The number of alkyl carbamates (subject to hydrolysis) is 1. The molecule has 10 nitrogen and oxygen atoms in total. The van der Waals surface area contributed by atoms with E-state index in [4.69, 9.17) is 4.74 Å². The molecule has 0 saturated heterocycles. The Labute approximate surface area is 189 Å².